The summed E-state index contributed by atoms with van der Waals surface area (Å²) >= 11 is 1.98. The number of rotatable bonds is 1. The zero-order valence-corrected chi connectivity index (χ0v) is 10.2. The monoisotopic (exact) mass is 228 g/mol. The number of nitrogens with one attached hydrogen (secondary N) is 1. The summed E-state index contributed by atoms with van der Waals surface area (Å²) in [5.41, 5.74) is 0. The highest BCUT2D eigenvalue weighted by Gasteiger charge is 2.29. The Kier molecular flexibility index (Phi) is 3.92. The largest absolute Gasteiger partial charge is 0.337 e. The van der Waals surface area contributed by atoms with Gasteiger partial charge in [0.1, 0.15) is 0 Å². The summed E-state index contributed by atoms with van der Waals surface area (Å²) in [5.74, 6) is 3.05. The number of carbonyl (C=O) groups excluding carboxylic acids is 1. The van der Waals surface area contributed by atoms with E-state index in [-0.39, 0.29) is 0 Å². The fourth-order valence-electron chi connectivity index (χ4n) is 2.35. The predicted molar refractivity (Wildman–Crippen MR) is 64.1 cm³/mol. The number of thioether (sulfide) groups is 1. The average Bonchev–Trinajstić information content (AvgIpc) is 2.30. The van der Waals surface area contributed by atoms with Crippen molar-refractivity contribution in [2.24, 2.45) is 5.92 Å². The summed E-state index contributed by atoms with van der Waals surface area (Å²) < 4.78 is 0. The SMILES string of the molecule is C[C@H]1CNCCN1C(=O)C1CCSCC1. The molecule has 2 rings (SSSR count). The van der Waals surface area contributed by atoms with E-state index in [0.29, 0.717) is 17.9 Å². The third-order valence-electron chi connectivity index (χ3n) is 3.35. The first-order valence-corrected chi connectivity index (χ1v) is 7.03. The zero-order chi connectivity index (χ0) is 10.7. The number of hydrogen-bond acceptors (Lipinski definition) is 3. The van der Waals surface area contributed by atoms with Crippen LogP contribution in [0.1, 0.15) is 19.8 Å². The first-order chi connectivity index (χ1) is 7.29. The highest BCUT2D eigenvalue weighted by Crippen LogP contribution is 2.25. The number of piperazine rings is 1. The molecule has 3 nitrogen and oxygen atoms in total. The minimum absolute atomic E-state index is 0.312. The third-order valence-corrected chi connectivity index (χ3v) is 4.40. The van der Waals surface area contributed by atoms with E-state index in [1.165, 1.54) is 0 Å². The molecular weight excluding hydrogens is 208 g/mol. The van der Waals surface area contributed by atoms with Crippen molar-refractivity contribution in [3.63, 3.8) is 0 Å². The number of carbonyl (C=O) groups is 1. The number of hydrogen-bond donors (Lipinski definition) is 1. The van der Waals surface area contributed by atoms with Gasteiger partial charge in [-0.2, -0.15) is 11.8 Å². The molecular formula is C11H20N2OS. The van der Waals surface area contributed by atoms with E-state index in [2.05, 4.69) is 17.1 Å². The maximum absolute atomic E-state index is 12.3. The maximum Gasteiger partial charge on any atom is 0.226 e. The molecule has 0 spiro atoms. The van der Waals surface area contributed by atoms with E-state index in [4.69, 9.17) is 0 Å². The zero-order valence-electron chi connectivity index (χ0n) is 9.37. The lowest BCUT2D eigenvalue weighted by Crippen LogP contribution is -2.54. The van der Waals surface area contributed by atoms with Gasteiger partial charge in [0.05, 0.1) is 0 Å². The third kappa shape index (κ3) is 2.67. The van der Waals surface area contributed by atoms with Crippen molar-refractivity contribution in [2.45, 2.75) is 25.8 Å². The Morgan fingerprint density at radius 1 is 1.40 bits per heavy atom. The van der Waals surface area contributed by atoms with E-state index in [1.54, 1.807) is 0 Å². The molecule has 86 valence electrons. The Labute approximate surface area is 96.0 Å². The Balaban J connectivity index is 1.92. The van der Waals surface area contributed by atoms with Gasteiger partial charge in [-0.1, -0.05) is 0 Å². The van der Waals surface area contributed by atoms with E-state index in [0.717, 1.165) is 44.0 Å². The van der Waals surface area contributed by atoms with Gasteiger partial charge in [0, 0.05) is 31.6 Å². The van der Waals surface area contributed by atoms with Gasteiger partial charge < -0.3 is 10.2 Å². The number of nitrogens with zero attached hydrogens (tertiary/aromatic N) is 1. The molecule has 0 saturated carbocycles. The Bertz CT molecular complexity index is 229. The van der Waals surface area contributed by atoms with Gasteiger partial charge >= 0.3 is 0 Å². The minimum atomic E-state index is 0.312. The normalized spacial score (nSPS) is 29.1. The van der Waals surface area contributed by atoms with E-state index < -0.39 is 0 Å². The highest BCUT2D eigenvalue weighted by molar-refractivity contribution is 7.99. The molecule has 0 aromatic heterocycles. The van der Waals surface area contributed by atoms with Crippen LogP contribution < -0.4 is 5.32 Å². The van der Waals surface area contributed by atoms with Crippen molar-refractivity contribution < 1.29 is 4.79 Å². The Hall–Kier alpha value is -0.220. The van der Waals surface area contributed by atoms with Crippen LogP contribution in [0.15, 0.2) is 0 Å². The van der Waals surface area contributed by atoms with Crippen LogP contribution in [0.25, 0.3) is 0 Å². The molecule has 1 amide bonds. The van der Waals surface area contributed by atoms with Gasteiger partial charge in [0.25, 0.3) is 0 Å². The highest BCUT2D eigenvalue weighted by atomic mass is 32.2. The van der Waals surface area contributed by atoms with Crippen molar-refractivity contribution in [2.75, 3.05) is 31.1 Å². The van der Waals surface area contributed by atoms with Crippen LogP contribution in [0.2, 0.25) is 0 Å². The van der Waals surface area contributed by atoms with Crippen LogP contribution in [0.3, 0.4) is 0 Å². The summed E-state index contributed by atoms with van der Waals surface area (Å²) in [6.45, 7) is 4.94. The lowest BCUT2D eigenvalue weighted by molar-refractivity contribution is -0.138. The summed E-state index contributed by atoms with van der Waals surface area (Å²) in [7, 11) is 0. The molecule has 2 fully saturated rings. The standard InChI is InChI=1S/C11H20N2OS/c1-9-8-12-4-5-13(9)11(14)10-2-6-15-7-3-10/h9-10,12H,2-8H2,1H3/t9-/m0/s1. The number of amides is 1. The molecule has 15 heavy (non-hydrogen) atoms. The topological polar surface area (TPSA) is 32.3 Å². The summed E-state index contributed by atoms with van der Waals surface area (Å²) in [6.07, 6.45) is 2.17. The molecule has 0 aliphatic carbocycles. The fourth-order valence-corrected chi connectivity index (χ4v) is 3.45. The van der Waals surface area contributed by atoms with Crippen LogP contribution >= 0.6 is 11.8 Å². The first-order valence-electron chi connectivity index (χ1n) is 5.88. The van der Waals surface area contributed by atoms with Crippen LogP contribution in [-0.2, 0) is 4.79 Å². The van der Waals surface area contributed by atoms with Gasteiger partial charge in [-0.3, -0.25) is 4.79 Å². The van der Waals surface area contributed by atoms with Crippen LogP contribution in [-0.4, -0.2) is 48.0 Å². The molecule has 1 atom stereocenters. The molecule has 0 unspecified atom stereocenters. The smallest absolute Gasteiger partial charge is 0.226 e. The molecule has 4 heteroatoms. The lowest BCUT2D eigenvalue weighted by Gasteiger charge is -2.37. The second-order valence-electron chi connectivity index (χ2n) is 4.47. The van der Waals surface area contributed by atoms with Gasteiger partial charge in [-0.05, 0) is 31.3 Å². The van der Waals surface area contributed by atoms with E-state index in [9.17, 15) is 4.79 Å². The fraction of sp³-hybridized carbons (Fsp3) is 0.909. The van der Waals surface area contributed by atoms with Crippen LogP contribution in [0.5, 0.6) is 0 Å². The van der Waals surface area contributed by atoms with Gasteiger partial charge in [-0.15, -0.1) is 0 Å². The van der Waals surface area contributed by atoms with E-state index in [1.807, 2.05) is 11.8 Å². The molecule has 1 N–H and O–H groups in total. The summed E-state index contributed by atoms with van der Waals surface area (Å²) in [4.78, 5) is 14.3. The molecule has 2 heterocycles. The van der Waals surface area contributed by atoms with Crippen molar-refractivity contribution in [1.82, 2.24) is 10.2 Å². The molecule has 0 radical (unpaired) electrons. The molecule has 2 aliphatic rings. The molecule has 0 bridgehead atoms. The molecule has 2 saturated heterocycles. The Morgan fingerprint density at radius 3 is 2.80 bits per heavy atom. The first kappa shape index (κ1) is 11.3. The van der Waals surface area contributed by atoms with Crippen LogP contribution in [0.4, 0.5) is 0 Å². The quantitative estimate of drug-likeness (QED) is 0.725. The van der Waals surface area contributed by atoms with E-state index >= 15 is 0 Å². The van der Waals surface area contributed by atoms with Crippen molar-refractivity contribution >= 4 is 17.7 Å². The second kappa shape index (κ2) is 5.21. The van der Waals surface area contributed by atoms with Gasteiger partial charge in [0.15, 0.2) is 0 Å². The minimum Gasteiger partial charge on any atom is -0.337 e. The molecule has 0 aromatic rings. The van der Waals surface area contributed by atoms with Crippen molar-refractivity contribution in [3.8, 4) is 0 Å². The van der Waals surface area contributed by atoms with Crippen molar-refractivity contribution in [1.29, 1.82) is 0 Å². The predicted octanol–water partition coefficient (Wildman–Crippen LogP) is 0.950. The maximum atomic E-state index is 12.3. The molecule has 2 aliphatic heterocycles. The lowest BCUT2D eigenvalue weighted by atomic mass is 9.99. The Morgan fingerprint density at radius 2 is 2.13 bits per heavy atom. The van der Waals surface area contributed by atoms with Gasteiger partial charge in [0.2, 0.25) is 5.91 Å². The summed E-state index contributed by atoms with van der Waals surface area (Å²) in [6, 6.07) is 0.376. The van der Waals surface area contributed by atoms with Crippen LogP contribution in [0, 0.1) is 5.92 Å². The van der Waals surface area contributed by atoms with Gasteiger partial charge in [-0.25, -0.2) is 0 Å². The average molecular weight is 228 g/mol. The molecule has 0 aromatic carbocycles. The second-order valence-corrected chi connectivity index (χ2v) is 5.70. The van der Waals surface area contributed by atoms with Crippen molar-refractivity contribution in [3.05, 3.63) is 0 Å². The summed E-state index contributed by atoms with van der Waals surface area (Å²) in [5, 5.41) is 3.32.